The topological polar surface area (TPSA) is 72.3 Å². The SMILES string of the molecule is COc1ccc(-c2cc(SCCC(=O)O)nc(C)n2)cc1. The average Bonchev–Trinajstić information content (AvgIpc) is 2.46. The molecule has 5 nitrogen and oxygen atoms in total. The number of carboxylic acid groups (broad SMARTS) is 1. The zero-order chi connectivity index (χ0) is 15.2. The van der Waals surface area contributed by atoms with Crippen LogP contribution in [0.5, 0.6) is 5.75 Å². The van der Waals surface area contributed by atoms with E-state index in [4.69, 9.17) is 9.84 Å². The first-order valence-electron chi connectivity index (χ1n) is 6.43. The molecule has 0 atom stereocenters. The lowest BCUT2D eigenvalue weighted by atomic mass is 10.1. The van der Waals surface area contributed by atoms with Gasteiger partial charge in [-0.05, 0) is 37.3 Å². The van der Waals surface area contributed by atoms with Crippen LogP contribution in [0.4, 0.5) is 0 Å². The number of benzene rings is 1. The maximum absolute atomic E-state index is 10.5. The van der Waals surface area contributed by atoms with Crippen molar-refractivity contribution in [2.24, 2.45) is 0 Å². The molecule has 6 heteroatoms. The molecule has 0 radical (unpaired) electrons. The first-order valence-corrected chi connectivity index (χ1v) is 7.42. The highest BCUT2D eigenvalue weighted by molar-refractivity contribution is 7.99. The Bertz CT molecular complexity index is 629. The van der Waals surface area contributed by atoms with Crippen LogP contribution < -0.4 is 4.74 Å². The molecule has 0 amide bonds. The molecule has 0 saturated carbocycles. The van der Waals surface area contributed by atoms with Crippen LogP contribution in [0.25, 0.3) is 11.3 Å². The highest BCUT2D eigenvalue weighted by Crippen LogP contribution is 2.25. The summed E-state index contributed by atoms with van der Waals surface area (Å²) in [6, 6.07) is 9.51. The van der Waals surface area contributed by atoms with Gasteiger partial charge in [0.2, 0.25) is 0 Å². The minimum absolute atomic E-state index is 0.117. The summed E-state index contributed by atoms with van der Waals surface area (Å²) in [6.07, 6.45) is 0.117. The number of aromatic nitrogens is 2. The average molecular weight is 304 g/mol. The van der Waals surface area contributed by atoms with Gasteiger partial charge >= 0.3 is 5.97 Å². The van der Waals surface area contributed by atoms with Crippen molar-refractivity contribution in [3.63, 3.8) is 0 Å². The first kappa shape index (κ1) is 15.3. The molecule has 0 spiro atoms. The Hall–Kier alpha value is -2.08. The number of nitrogens with zero attached hydrogens (tertiary/aromatic N) is 2. The van der Waals surface area contributed by atoms with Crippen LogP contribution in [0, 0.1) is 6.92 Å². The van der Waals surface area contributed by atoms with E-state index in [2.05, 4.69) is 9.97 Å². The van der Waals surface area contributed by atoms with Gasteiger partial charge in [-0.2, -0.15) is 0 Å². The lowest BCUT2D eigenvalue weighted by Gasteiger charge is -2.06. The lowest BCUT2D eigenvalue weighted by Crippen LogP contribution is -1.98. The summed E-state index contributed by atoms with van der Waals surface area (Å²) < 4.78 is 5.14. The largest absolute Gasteiger partial charge is 0.497 e. The summed E-state index contributed by atoms with van der Waals surface area (Å²) >= 11 is 1.42. The Balaban J connectivity index is 2.19. The van der Waals surface area contributed by atoms with Crippen LogP contribution in [-0.2, 0) is 4.79 Å². The molecule has 2 rings (SSSR count). The Morgan fingerprint density at radius 1 is 1.29 bits per heavy atom. The van der Waals surface area contributed by atoms with Crippen LogP contribution in [0.3, 0.4) is 0 Å². The normalized spacial score (nSPS) is 10.4. The quantitative estimate of drug-likeness (QED) is 0.653. The van der Waals surface area contributed by atoms with Gasteiger partial charge in [0.1, 0.15) is 16.6 Å². The molecule has 1 aromatic heterocycles. The number of carbonyl (C=O) groups is 1. The van der Waals surface area contributed by atoms with Gasteiger partial charge in [0.05, 0.1) is 19.2 Å². The molecular weight excluding hydrogens is 288 g/mol. The highest BCUT2D eigenvalue weighted by Gasteiger charge is 2.06. The molecule has 1 aromatic carbocycles. The number of carboxylic acids is 1. The van der Waals surface area contributed by atoms with Crippen molar-refractivity contribution in [2.45, 2.75) is 18.4 Å². The van der Waals surface area contributed by atoms with Gasteiger partial charge in [-0.1, -0.05) is 0 Å². The minimum atomic E-state index is -0.802. The van der Waals surface area contributed by atoms with Crippen molar-refractivity contribution in [3.8, 4) is 17.0 Å². The van der Waals surface area contributed by atoms with Crippen LogP contribution in [0.2, 0.25) is 0 Å². The second-order valence-electron chi connectivity index (χ2n) is 4.36. The number of ether oxygens (including phenoxy) is 1. The summed E-state index contributed by atoms with van der Waals surface area (Å²) in [4.78, 5) is 19.3. The Morgan fingerprint density at radius 2 is 2.00 bits per heavy atom. The maximum Gasteiger partial charge on any atom is 0.304 e. The Kier molecular flexibility index (Phi) is 5.16. The van der Waals surface area contributed by atoms with Crippen molar-refractivity contribution in [1.29, 1.82) is 0 Å². The van der Waals surface area contributed by atoms with E-state index in [1.807, 2.05) is 37.3 Å². The van der Waals surface area contributed by atoms with Crippen molar-refractivity contribution in [1.82, 2.24) is 9.97 Å². The summed E-state index contributed by atoms with van der Waals surface area (Å²) in [5.41, 5.74) is 1.80. The third-order valence-electron chi connectivity index (χ3n) is 2.77. The number of thioether (sulfide) groups is 1. The van der Waals surface area contributed by atoms with Crippen LogP contribution in [0.15, 0.2) is 35.4 Å². The molecule has 1 heterocycles. The minimum Gasteiger partial charge on any atom is -0.497 e. The van der Waals surface area contributed by atoms with Gasteiger partial charge in [-0.25, -0.2) is 9.97 Å². The van der Waals surface area contributed by atoms with Crippen LogP contribution in [-0.4, -0.2) is 33.9 Å². The number of methoxy groups -OCH3 is 1. The molecular formula is C15H16N2O3S. The fourth-order valence-corrected chi connectivity index (χ4v) is 2.64. The molecule has 0 fully saturated rings. The third kappa shape index (κ3) is 4.46. The second kappa shape index (κ2) is 7.08. The molecule has 110 valence electrons. The molecule has 0 aliphatic carbocycles. The Morgan fingerprint density at radius 3 is 2.62 bits per heavy atom. The first-order chi connectivity index (χ1) is 10.1. The third-order valence-corrected chi connectivity index (χ3v) is 3.68. The van der Waals surface area contributed by atoms with E-state index < -0.39 is 5.97 Å². The van der Waals surface area contributed by atoms with Crippen LogP contribution >= 0.6 is 11.8 Å². The van der Waals surface area contributed by atoms with Gasteiger partial charge < -0.3 is 9.84 Å². The van der Waals surface area contributed by atoms with Gasteiger partial charge in [0.15, 0.2) is 0 Å². The van der Waals surface area contributed by atoms with E-state index in [-0.39, 0.29) is 6.42 Å². The fourth-order valence-electron chi connectivity index (χ4n) is 1.77. The molecule has 0 bridgehead atoms. The summed E-state index contributed by atoms with van der Waals surface area (Å²) in [5.74, 6) is 1.15. The smallest absolute Gasteiger partial charge is 0.304 e. The molecule has 0 aliphatic heterocycles. The fraction of sp³-hybridized carbons (Fsp3) is 0.267. The lowest BCUT2D eigenvalue weighted by molar-refractivity contribution is -0.136. The molecule has 0 aliphatic rings. The molecule has 1 N–H and O–H groups in total. The van der Waals surface area contributed by atoms with Crippen molar-refractivity contribution in [2.75, 3.05) is 12.9 Å². The summed E-state index contributed by atoms with van der Waals surface area (Å²) in [6.45, 7) is 1.83. The van der Waals surface area contributed by atoms with Gasteiger partial charge in [0.25, 0.3) is 0 Å². The zero-order valence-corrected chi connectivity index (χ0v) is 12.7. The number of hydrogen-bond donors (Lipinski definition) is 1. The van der Waals surface area contributed by atoms with Gasteiger partial charge in [-0.15, -0.1) is 11.8 Å². The molecule has 21 heavy (non-hydrogen) atoms. The number of aliphatic carboxylic acids is 1. The van der Waals surface area contributed by atoms with Gasteiger partial charge in [-0.3, -0.25) is 4.79 Å². The second-order valence-corrected chi connectivity index (χ2v) is 5.47. The Labute approximate surface area is 127 Å². The van der Waals surface area contributed by atoms with E-state index in [0.717, 1.165) is 22.0 Å². The number of aryl methyl sites for hydroxylation is 1. The molecule has 0 unspecified atom stereocenters. The van der Waals surface area contributed by atoms with Crippen LogP contribution in [0.1, 0.15) is 12.2 Å². The predicted molar refractivity (Wildman–Crippen MR) is 81.7 cm³/mol. The van der Waals surface area contributed by atoms with E-state index in [0.29, 0.717) is 11.6 Å². The predicted octanol–water partition coefficient (Wildman–Crippen LogP) is 3.03. The molecule has 2 aromatic rings. The zero-order valence-electron chi connectivity index (χ0n) is 11.9. The van der Waals surface area contributed by atoms with Gasteiger partial charge in [0, 0.05) is 11.3 Å². The summed E-state index contributed by atoms with van der Waals surface area (Å²) in [5, 5.41) is 9.46. The van der Waals surface area contributed by atoms with Crippen molar-refractivity contribution < 1.29 is 14.6 Å². The number of hydrogen-bond acceptors (Lipinski definition) is 5. The van der Waals surface area contributed by atoms with E-state index in [9.17, 15) is 4.79 Å². The monoisotopic (exact) mass is 304 g/mol. The number of rotatable bonds is 6. The maximum atomic E-state index is 10.5. The van der Waals surface area contributed by atoms with Crippen molar-refractivity contribution in [3.05, 3.63) is 36.2 Å². The molecule has 0 saturated heterocycles. The van der Waals surface area contributed by atoms with Crippen molar-refractivity contribution >= 4 is 17.7 Å². The highest BCUT2D eigenvalue weighted by atomic mass is 32.2. The standard InChI is InChI=1S/C15H16N2O3S/c1-10-16-13(11-3-5-12(20-2)6-4-11)9-14(17-10)21-8-7-15(18)19/h3-6,9H,7-8H2,1-2H3,(H,18,19). The summed E-state index contributed by atoms with van der Waals surface area (Å²) in [7, 11) is 1.63. The van der Waals surface area contributed by atoms with E-state index in [1.54, 1.807) is 7.11 Å². The van der Waals surface area contributed by atoms with E-state index in [1.165, 1.54) is 11.8 Å². The van der Waals surface area contributed by atoms with E-state index >= 15 is 0 Å².